The van der Waals surface area contributed by atoms with Gasteiger partial charge in [0, 0.05) is 11.1 Å². The van der Waals surface area contributed by atoms with Gasteiger partial charge in [0.25, 0.3) is 5.91 Å². The van der Waals surface area contributed by atoms with Gasteiger partial charge in [0.2, 0.25) is 5.78 Å². The van der Waals surface area contributed by atoms with Crippen molar-refractivity contribution >= 4 is 28.3 Å². The van der Waals surface area contributed by atoms with Gasteiger partial charge < -0.3 is 13.9 Å². The average Bonchev–Trinajstić information content (AvgIpc) is 3.45. The molecule has 0 spiro atoms. The summed E-state index contributed by atoms with van der Waals surface area (Å²) in [4.78, 5) is 27.8. The maximum atomic E-state index is 13.4. The van der Waals surface area contributed by atoms with E-state index in [2.05, 4.69) is 0 Å². The number of ketones is 1. The second kappa shape index (κ2) is 6.77. The number of carbonyl (C=O) groups is 2. The van der Waals surface area contributed by atoms with Crippen molar-refractivity contribution in [2.75, 3.05) is 4.90 Å². The maximum absolute atomic E-state index is 13.4. The molecule has 0 fully saturated rings. The van der Waals surface area contributed by atoms with Crippen molar-refractivity contribution in [3.63, 3.8) is 0 Å². The smallest absolute Gasteiger partial charge is 0.294 e. The fourth-order valence-electron chi connectivity index (χ4n) is 3.79. The number of aliphatic hydroxyl groups is 1. The Labute approximate surface area is 171 Å². The summed E-state index contributed by atoms with van der Waals surface area (Å²) in [6, 6.07) is 20.2. The summed E-state index contributed by atoms with van der Waals surface area (Å²) in [5, 5.41) is 11.5. The van der Waals surface area contributed by atoms with Crippen molar-refractivity contribution in [3.05, 3.63) is 101 Å². The van der Waals surface area contributed by atoms with Crippen LogP contribution in [0.15, 0.2) is 93.0 Å². The van der Waals surface area contributed by atoms with Gasteiger partial charge in [-0.25, -0.2) is 0 Å². The Balaban J connectivity index is 1.66. The Kier molecular flexibility index (Phi) is 4.06. The minimum atomic E-state index is -0.908. The van der Waals surface area contributed by atoms with E-state index in [1.54, 1.807) is 55.5 Å². The number of Topliss-reactive ketones (excluding diaryl/α,β-unsaturated/α-hetero) is 1. The summed E-state index contributed by atoms with van der Waals surface area (Å²) in [5.41, 5.74) is 1.02. The lowest BCUT2D eigenvalue weighted by atomic mass is 9.99. The molecule has 5 rings (SSSR count). The van der Waals surface area contributed by atoms with Crippen molar-refractivity contribution in [1.82, 2.24) is 0 Å². The van der Waals surface area contributed by atoms with Crippen LogP contribution in [0.25, 0.3) is 11.0 Å². The van der Waals surface area contributed by atoms with Crippen molar-refractivity contribution < 1.29 is 23.5 Å². The maximum Gasteiger partial charge on any atom is 0.294 e. The second-order valence-corrected chi connectivity index (χ2v) is 7.10. The highest BCUT2D eigenvalue weighted by Crippen LogP contribution is 2.42. The predicted molar refractivity (Wildman–Crippen MR) is 110 cm³/mol. The summed E-state index contributed by atoms with van der Waals surface area (Å²) in [6.45, 7) is 1.78. The molecular formula is C24H17NO5. The van der Waals surface area contributed by atoms with Gasteiger partial charge in [-0.15, -0.1) is 0 Å². The Morgan fingerprint density at radius 3 is 2.40 bits per heavy atom. The third kappa shape index (κ3) is 2.73. The summed E-state index contributed by atoms with van der Waals surface area (Å²) in [5.74, 6) is -0.771. The molecule has 1 atom stereocenters. The molecule has 3 heterocycles. The van der Waals surface area contributed by atoms with E-state index >= 15 is 0 Å². The van der Waals surface area contributed by atoms with E-state index in [9.17, 15) is 14.7 Å². The zero-order chi connectivity index (χ0) is 20.8. The van der Waals surface area contributed by atoms with Gasteiger partial charge in [-0.2, -0.15) is 0 Å². The number of furan rings is 2. The molecule has 6 nitrogen and oxygen atoms in total. The topological polar surface area (TPSA) is 83.9 Å². The molecule has 1 aliphatic rings. The molecular weight excluding hydrogens is 382 g/mol. The lowest BCUT2D eigenvalue weighted by molar-refractivity contribution is -0.117. The van der Waals surface area contributed by atoms with E-state index in [-0.39, 0.29) is 11.3 Å². The van der Waals surface area contributed by atoms with E-state index < -0.39 is 23.5 Å². The summed E-state index contributed by atoms with van der Waals surface area (Å²) >= 11 is 0. The first-order valence-electron chi connectivity index (χ1n) is 9.46. The van der Waals surface area contributed by atoms with Crippen molar-refractivity contribution in [1.29, 1.82) is 0 Å². The van der Waals surface area contributed by atoms with Gasteiger partial charge in [0.05, 0.1) is 5.57 Å². The molecule has 1 aliphatic heterocycles. The lowest BCUT2D eigenvalue weighted by Gasteiger charge is -2.24. The van der Waals surface area contributed by atoms with Crippen LogP contribution in [-0.2, 0) is 4.79 Å². The van der Waals surface area contributed by atoms with Crippen LogP contribution in [-0.4, -0.2) is 16.8 Å². The molecule has 0 radical (unpaired) electrons. The van der Waals surface area contributed by atoms with Crippen molar-refractivity contribution in [3.8, 4) is 0 Å². The minimum absolute atomic E-state index is 0.0498. The number of rotatable bonds is 4. The third-order valence-electron chi connectivity index (χ3n) is 5.17. The van der Waals surface area contributed by atoms with Crippen LogP contribution in [0.4, 0.5) is 5.69 Å². The van der Waals surface area contributed by atoms with E-state index in [0.29, 0.717) is 22.8 Å². The summed E-state index contributed by atoms with van der Waals surface area (Å²) in [6.07, 6.45) is 0. The summed E-state index contributed by atoms with van der Waals surface area (Å²) < 4.78 is 11.5. The first-order chi connectivity index (χ1) is 14.5. The van der Waals surface area contributed by atoms with Gasteiger partial charge in [-0.05, 0) is 43.3 Å². The minimum Gasteiger partial charge on any atom is -0.503 e. The largest absolute Gasteiger partial charge is 0.503 e. The number of aliphatic hydroxyl groups excluding tert-OH is 1. The molecule has 1 N–H and O–H groups in total. The second-order valence-electron chi connectivity index (χ2n) is 7.10. The fraction of sp³-hybridized carbons (Fsp3) is 0.0833. The van der Waals surface area contributed by atoms with Crippen LogP contribution >= 0.6 is 0 Å². The Bertz CT molecular complexity index is 1280. The van der Waals surface area contributed by atoms with Crippen LogP contribution in [0.5, 0.6) is 0 Å². The third-order valence-corrected chi connectivity index (χ3v) is 5.17. The number of hydrogen-bond donors (Lipinski definition) is 1. The number of para-hydroxylation sites is 2. The molecule has 1 unspecified atom stereocenters. The highest BCUT2D eigenvalue weighted by atomic mass is 16.4. The highest BCUT2D eigenvalue weighted by molar-refractivity contribution is 6.20. The molecule has 0 bridgehead atoms. The Hall–Kier alpha value is -4.06. The Morgan fingerprint density at radius 2 is 1.70 bits per heavy atom. The number of hydrogen-bond acceptors (Lipinski definition) is 5. The molecule has 1 amide bonds. The van der Waals surface area contributed by atoms with Gasteiger partial charge in [0.15, 0.2) is 11.5 Å². The number of amides is 1. The van der Waals surface area contributed by atoms with Crippen LogP contribution in [0.3, 0.4) is 0 Å². The van der Waals surface area contributed by atoms with Crippen LogP contribution in [0.1, 0.15) is 28.1 Å². The fourth-order valence-corrected chi connectivity index (χ4v) is 3.79. The Morgan fingerprint density at radius 1 is 0.967 bits per heavy atom. The number of benzene rings is 2. The van der Waals surface area contributed by atoms with E-state index in [1.807, 2.05) is 24.3 Å². The van der Waals surface area contributed by atoms with E-state index in [0.717, 1.165) is 5.39 Å². The average molecular weight is 399 g/mol. The number of carbonyl (C=O) groups excluding carboxylic acids is 2. The predicted octanol–water partition coefficient (Wildman–Crippen LogP) is 5.12. The zero-order valence-electron chi connectivity index (χ0n) is 16.0. The van der Waals surface area contributed by atoms with Gasteiger partial charge >= 0.3 is 0 Å². The highest BCUT2D eigenvalue weighted by Gasteiger charge is 2.46. The number of nitrogens with zero attached hydrogens (tertiary/aromatic N) is 1. The van der Waals surface area contributed by atoms with Crippen molar-refractivity contribution in [2.45, 2.75) is 13.0 Å². The number of anilines is 1. The standard InChI is InChI=1S/C24H17NO5/c1-14-11-12-18(29-14)21-20(22(26)19-13-15-7-5-6-10-17(15)30-19)23(27)24(28)25(21)16-8-3-2-4-9-16/h2-13,21,27H,1H3. The molecule has 30 heavy (non-hydrogen) atoms. The molecule has 0 saturated heterocycles. The first-order valence-corrected chi connectivity index (χ1v) is 9.46. The molecule has 6 heteroatoms. The SMILES string of the molecule is Cc1ccc(C2C(C(=O)c3cc4ccccc4o3)=C(O)C(=O)N2c2ccccc2)o1. The van der Waals surface area contributed by atoms with Gasteiger partial charge in [-0.3, -0.25) is 14.5 Å². The number of aryl methyl sites for hydroxylation is 1. The van der Waals surface area contributed by atoms with Crippen LogP contribution in [0.2, 0.25) is 0 Å². The zero-order valence-corrected chi connectivity index (χ0v) is 16.0. The monoisotopic (exact) mass is 399 g/mol. The molecule has 2 aromatic heterocycles. The van der Waals surface area contributed by atoms with Crippen molar-refractivity contribution in [2.24, 2.45) is 0 Å². The normalized spacial score (nSPS) is 16.6. The molecule has 4 aromatic rings. The lowest BCUT2D eigenvalue weighted by Crippen LogP contribution is -2.30. The molecule has 2 aromatic carbocycles. The first kappa shape index (κ1) is 18.0. The van der Waals surface area contributed by atoms with E-state index in [4.69, 9.17) is 8.83 Å². The number of fused-ring (bicyclic) bond motifs is 1. The van der Waals surface area contributed by atoms with Gasteiger partial charge in [0.1, 0.15) is 23.1 Å². The van der Waals surface area contributed by atoms with Gasteiger partial charge in [-0.1, -0.05) is 36.4 Å². The van der Waals surface area contributed by atoms with Crippen LogP contribution < -0.4 is 4.90 Å². The molecule has 148 valence electrons. The quantitative estimate of drug-likeness (QED) is 0.482. The molecule has 0 aliphatic carbocycles. The summed E-state index contributed by atoms with van der Waals surface area (Å²) in [7, 11) is 0. The van der Waals surface area contributed by atoms with Crippen LogP contribution in [0, 0.1) is 6.92 Å². The van der Waals surface area contributed by atoms with E-state index in [1.165, 1.54) is 4.90 Å². The molecule has 0 saturated carbocycles.